The molecule has 0 aliphatic heterocycles. The van der Waals surface area contributed by atoms with Gasteiger partial charge in [0.15, 0.2) is 0 Å². The number of hydrogen-bond acceptors (Lipinski definition) is 5. The first-order valence-corrected chi connectivity index (χ1v) is 6.43. The van der Waals surface area contributed by atoms with E-state index in [-0.39, 0.29) is 5.69 Å². The molecule has 1 aromatic heterocycles. The monoisotopic (exact) mass is 273 g/mol. The van der Waals surface area contributed by atoms with Crippen molar-refractivity contribution >= 4 is 17.0 Å². The third-order valence-corrected chi connectivity index (χ3v) is 3.51. The Morgan fingerprint density at radius 2 is 2.16 bits per heavy atom. The Balaban J connectivity index is 1.90. The minimum atomic E-state index is -0.401. The molecule has 96 valence electrons. The lowest BCUT2D eigenvalue weighted by molar-refractivity contribution is -0.384. The first kappa shape index (κ1) is 13.2. The van der Waals surface area contributed by atoms with Crippen molar-refractivity contribution in [1.29, 1.82) is 5.26 Å². The number of nitrogens with one attached hydrogen (secondary N) is 1. The van der Waals surface area contributed by atoms with Gasteiger partial charge >= 0.3 is 0 Å². The van der Waals surface area contributed by atoms with E-state index in [0.717, 1.165) is 10.4 Å². The summed E-state index contributed by atoms with van der Waals surface area (Å²) in [5.41, 5.74) is 0.966. The maximum atomic E-state index is 10.6. The third kappa shape index (κ3) is 3.61. The lowest BCUT2D eigenvalue weighted by Gasteiger charge is -2.03. The van der Waals surface area contributed by atoms with Gasteiger partial charge in [0.2, 0.25) is 0 Å². The van der Waals surface area contributed by atoms with Gasteiger partial charge in [-0.05, 0) is 17.7 Å². The summed E-state index contributed by atoms with van der Waals surface area (Å²) in [4.78, 5) is 12.0. The van der Waals surface area contributed by atoms with Crippen LogP contribution in [-0.4, -0.2) is 4.92 Å². The summed E-state index contributed by atoms with van der Waals surface area (Å²) in [6, 6.07) is 12.3. The molecule has 2 aromatic rings. The van der Waals surface area contributed by atoms with E-state index in [0.29, 0.717) is 18.0 Å². The molecule has 0 saturated carbocycles. The van der Waals surface area contributed by atoms with E-state index in [1.807, 2.05) is 12.1 Å². The summed E-state index contributed by atoms with van der Waals surface area (Å²) in [6.45, 7) is 1.20. The Bertz CT molecular complexity index is 631. The fraction of sp³-hybridized carbons (Fsp3) is 0.154. The number of nitro benzene ring substituents is 1. The van der Waals surface area contributed by atoms with Crippen molar-refractivity contribution in [2.45, 2.75) is 13.1 Å². The molecule has 5 nitrogen and oxygen atoms in total. The highest BCUT2D eigenvalue weighted by molar-refractivity contribution is 7.12. The zero-order valence-electron chi connectivity index (χ0n) is 10.00. The number of nitro groups is 1. The molecule has 0 unspecified atom stereocenters. The van der Waals surface area contributed by atoms with Gasteiger partial charge in [0.05, 0.1) is 4.92 Å². The van der Waals surface area contributed by atoms with Gasteiger partial charge in [-0.15, -0.1) is 11.3 Å². The normalized spacial score (nSPS) is 10.1. The number of benzene rings is 1. The number of nitriles is 1. The SMILES string of the molecule is N#Cc1ccc(CNCc2cccc([N+](=O)[O-])c2)s1. The number of non-ortho nitro benzene ring substituents is 1. The van der Waals surface area contributed by atoms with E-state index in [1.165, 1.54) is 17.4 Å². The average molecular weight is 273 g/mol. The molecule has 0 aliphatic rings. The molecule has 0 radical (unpaired) electrons. The molecule has 0 spiro atoms. The standard InChI is InChI=1S/C13H11N3O2S/c14-7-12-4-5-13(19-12)9-15-8-10-2-1-3-11(6-10)16(17)18/h1-6,15H,8-9H2. The van der Waals surface area contributed by atoms with Gasteiger partial charge < -0.3 is 5.32 Å². The Morgan fingerprint density at radius 3 is 2.84 bits per heavy atom. The molecule has 2 rings (SSSR count). The van der Waals surface area contributed by atoms with Crippen LogP contribution in [-0.2, 0) is 13.1 Å². The molecule has 0 amide bonds. The van der Waals surface area contributed by atoms with Crippen LogP contribution < -0.4 is 5.32 Å². The molecule has 0 fully saturated rings. The van der Waals surface area contributed by atoms with Crippen LogP contribution in [0.1, 0.15) is 15.3 Å². The Morgan fingerprint density at radius 1 is 1.32 bits per heavy atom. The quantitative estimate of drug-likeness (QED) is 0.671. The zero-order chi connectivity index (χ0) is 13.7. The van der Waals surface area contributed by atoms with Crippen molar-refractivity contribution in [2.75, 3.05) is 0 Å². The molecule has 1 aromatic carbocycles. The number of hydrogen-bond donors (Lipinski definition) is 1. The van der Waals surface area contributed by atoms with Crippen molar-refractivity contribution in [1.82, 2.24) is 5.32 Å². The second-order valence-electron chi connectivity index (χ2n) is 3.91. The van der Waals surface area contributed by atoms with E-state index in [1.54, 1.807) is 18.2 Å². The Labute approximate surface area is 114 Å². The van der Waals surface area contributed by atoms with Gasteiger partial charge in [-0.2, -0.15) is 5.26 Å². The summed E-state index contributed by atoms with van der Waals surface area (Å²) >= 11 is 1.44. The lowest BCUT2D eigenvalue weighted by atomic mass is 10.2. The summed E-state index contributed by atoms with van der Waals surface area (Å²) in [6.07, 6.45) is 0. The molecule has 0 bridgehead atoms. The first-order valence-electron chi connectivity index (χ1n) is 5.62. The van der Waals surface area contributed by atoms with Gasteiger partial charge in [-0.25, -0.2) is 0 Å². The van der Waals surface area contributed by atoms with Crippen molar-refractivity contribution in [2.24, 2.45) is 0 Å². The largest absolute Gasteiger partial charge is 0.308 e. The molecular formula is C13H11N3O2S. The van der Waals surface area contributed by atoms with E-state index < -0.39 is 4.92 Å². The van der Waals surface area contributed by atoms with Crippen LogP contribution in [0, 0.1) is 21.4 Å². The summed E-state index contributed by atoms with van der Waals surface area (Å²) in [5, 5.41) is 22.6. The van der Waals surface area contributed by atoms with Gasteiger partial charge in [-0.3, -0.25) is 10.1 Å². The van der Waals surface area contributed by atoms with Crippen LogP contribution in [0.5, 0.6) is 0 Å². The summed E-state index contributed by atoms with van der Waals surface area (Å²) in [5.74, 6) is 0. The van der Waals surface area contributed by atoms with Crippen LogP contribution in [0.3, 0.4) is 0 Å². The second kappa shape index (κ2) is 6.09. The van der Waals surface area contributed by atoms with Crippen molar-refractivity contribution in [3.05, 3.63) is 61.8 Å². The maximum Gasteiger partial charge on any atom is 0.269 e. The van der Waals surface area contributed by atoms with Crippen molar-refractivity contribution in [3.63, 3.8) is 0 Å². The van der Waals surface area contributed by atoms with Crippen LogP contribution >= 0.6 is 11.3 Å². The Hall–Kier alpha value is -2.23. The summed E-state index contributed by atoms with van der Waals surface area (Å²) in [7, 11) is 0. The Kier molecular flexibility index (Phi) is 4.23. The smallest absolute Gasteiger partial charge is 0.269 e. The number of thiophene rings is 1. The maximum absolute atomic E-state index is 10.6. The highest BCUT2D eigenvalue weighted by atomic mass is 32.1. The second-order valence-corrected chi connectivity index (χ2v) is 5.08. The first-order chi connectivity index (χ1) is 9.19. The highest BCUT2D eigenvalue weighted by Gasteiger charge is 2.05. The van der Waals surface area contributed by atoms with Gasteiger partial charge in [0, 0.05) is 30.1 Å². The average Bonchev–Trinajstić information content (AvgIpc) is 2.87. The fourth-order valence-corrected chi connectivity index (χ4v) is 2.42. The van der Waals surface area contributed by atoms with Crippen LogP contribution in [0.2, 0.25) is 0 Å². The molecule has 0 atom stereocenters. The van der Waals surface area contributed by atoms with E-state index in [4.69, 9.17) is 5.26 Å². The van der Waals surface area contributed by atoms with Crippen LogP contribution in [0.15, 0.2) is 36.4 Å². The van der Waals surface area contributed by atoms with Crippen LogP contribution in [0.4, 0.5) is 5.69 Å². The van der Waals surface area contributed by atoms with Gasteiger partial charge in [0.1, 0.15) is 10.9 Å². The molecule has 6 heteroatoms. The molecule has 19 heavy (non-hydrogen) atoms. The molecule has 0 saturated heterocycles. The lowest BCUT2D eigenvalue weighted by Crippen LogP contribution is -2.11. The molecule has 0 aliphatic carbocycles. The fourth-order valence-electron chi connectivity index (χ4n) is 1.64. The molecule has 1 heterocycles. The van der Waals surface area contributed by atoms with Crippen molar-refractivity contribution in [3.8, 4) is 6.07 Å². The number of rotatable bonds is 5. The van der Waals surface area contributed by atoms with Gasteiger partial charge in [-0.1, -0.05) is 12.1 Å². The minimum absolute atomic E-state index is 0.0993. The topological polar surface area (TPSA) is 79.0 Å². The summed E-state index contributed by atoms with van der Waals surface area (Å²) < 4.78 is 0. The molecule has 1 N–H and O–H groups in total. The van der Waals surface area contributed by atoms with Crippen molar-refractivity contribution < 1.29 is 4.92 Å². The molecular weight excluding hydrogens is 262 g/mol. The van der Waals surface area contributed by atoms with Gasteiger partial charge in [0.25, 0.3) is 5.69 Å². The van der Waals surface area contributed by atoms with E-state index in [9.17, 15) is 10.1 Å². The van der Waals surface area contributed by atoms with E-state index >= 15 is 0 Å². The third-order valence-electron chi connectivity index (χ3n) is 2.52. The zero-order valence-corrected chi connectivity index (χ0v) is 10.8. The van der Waals surface area contributed by atoms with E-state index in [2.05, 4.69) is 11.4 Å². The van der Waals surface area contributed by atoms with Crippen LogP contribution in [0.25, 0.3) is 0 Å². The minimum Gasteiger partial charge on any atom is -0.308 e. The predicted octanol–water partition coefficient (Wildman–Crippen LogP) is 2.82. The highest BCUT2D eigenvalue weighted by Crippen LogP contribution is 2.16. The predicted molar refractivity (Wildman–Crippen MR) is 72.7 cm³/mol. The number of nitrogens with zero attached hydrogens (tertiary/aromatic N) is 2.